The molecule has 18 N–H and O–H groups in total. The number of unbranched alkanes of at least 4 members (excludes halogenated alkanes) is 7. The van der Waals surface area contributed by atoms with Crippen molar-refractivity contribution in [3.8, 4) is 0 Å². The molecule has 2 aromatic carbocycles. The molecule has 2 amide bonds. The quantitative estimate of drug-likeness (QED) is 0.0160. The van der Waals surface area contributed by atoms with Crippen molar-refractivity contribution >= 4 is 98.2 Å². The number of nitrogens with zero attached hydrogens (tertiary/aromatic N) is 4. The fraction of sp³-hybridized carbons (Fsp3) is 0.500. The van der Waals surface area contributed by atoms with Crippen LogP contribution in [0, 0.1) is 0 Å². The predicted molar refractivity (Wildman–Crippen MR) is 255 cm³/mol. The number of benzene rings is 2. The van der Waals surface area contributed by atoms with Crippen LogP contribution in [0.25, 0.3) is 0 Å². The molecule has 0 saturated carbocycles. The fourth-order valence-electron chi connectivity index (χ4n) is 5.77. The minimum Gasteiger partial charge on any atom is -0.326 e. The van der Waals surface area contributed by atoms with Crippen LogP contribution in [0.4, 0.5) is 11.4 Å². The lowest BCUT2D eigenvalue weighted by Crippen LogP contribution is -2.33. The lowest BCUT2D eigenvalue weighted by Gasteiger charge is -2.12. The number of hydrazine groups is 4. The summed E-state index contributed by atoms with van der Waals surface area (Å²) < 4.78 is 0. The zero-order chi connectivity index (χ0) is 40.3. The number of nitrogens with one attached hydrogen (secondary N) is 10. The number of halogens is 4. The van der Waals surface area contributed by atoms with Gasteiger partial charge in [0.1, 0.15) is 25.4 Å². The molecular weight excluding hydrogens is 858 g/mol. The summed E-state index contributed by atoms with van der Waals surface area (Å²) in [6.45, 7) is 2.60. The minimum absolute atomic E-state index is 0. The highest BCUT2D eigenvalue weighted by Gasteiger charge is 2.09. The third-order valence-electron chi connectivity index (χ3n) is 8.35. The number of nitrogens with two attached hydrogens (primary N) is 4. The molecule has 0 heterocycles. The largest absolute Gasteiger partial charge is 0.326 e. The second-order valence-electron chi connectivity index (χ2n) is 12.9. The molecule has 0 aliphatic heterocycles. The third-order valence-corrected chi connectivity index (χ3v) is 8.35. The first-order valence-corrected chi connectivity index (χ1v) is 19.1. The molecule has 342 valence electrons. The van der Waals surface area contributed by atoms with Crippen LogP contribution in [0.1, 0.15) is 86.5 Å². The van der Waals surface area contributed by atoms with E-state index in [1.165, 1.54) is 25.4 Å². The number of hydrogen-bond acceptors (Lipinski definition) is 14. The SMILES string of the molecule is Cl.Cl.Cl.Cl.NN=CNNCCc1cc(CCNNC=NN)cc(NC(=O)CCCCCCCCCCC(=O)Nc2cc(CCNNC=NN)cc(CCNNC=NN)c2)c1. The topological polar surface area (TPSA) is 308 Å². The first-order valence-electron chi connectivity index (χ1n) is 19.1. The van der Waals surface area contributed by atoms with Gasteiger partial charge in [-0.2, -0.15) is 20.4 Å². The van der Waals surface area contributed by atoms with Crippen LogP contribution in [0.15, 0.2) is 56.8 Å². The summed E-state index contributed by atoms with van der Waals surface area (Å²) in [5.41, 5.74) is 29.2. The predicted octanol–water partition coefficient (Wildman–Crippen LogP) is 2.01. The van der Waals surface area contributed by atoms with Crippen molar-refractivity contribution in [1.29, 1.82) is 0 Å². The highest BCUT2D eigenvalue weighted by Crippen LogP contribution is 2.19. The molecule has 0 aliphatic carbocycles. The van der Waals surface area contributed by atoms with Crippen molar-refractivity contribution in [3.05, 3.63) is 58.7 Å². The lowest BCUT2D eigenvalue weighted by molar-refractivity contribution is -0.117. The minimum atomic E-state index is 0. The average molecular weight is 927 g/mol. The van der Waals surface area contributed by atoms with Gasteiger partial charge in [-0.05, 0) is 85.0 Å². The number of hydrogen-bond donors (Lipinski definition) is 14. The maximum Gasteiger partial charge on any atom is 0.224 e. The Bertz CT molecular complexity index is 1320. The molecule has 60 heavy (non-hydrogen) atoms. The molecule has 2 rings (SSSR count). The molecule has 0 bridgehead atoms. The van der Waals surface area contributed by atoms with E-state index in [9.17, 15) is 9.59 Å². The third kappa shape index (κ3) is 31.4. The second-order valence-corrected chi connectivity index (χ2v) is 12.9. The van der Waals surface area contributed by atoms with Crippen LogP contribution in [-0.4, -0.2) is 63.3 Å². The highest BCUT2D eigenvalue weighted by atomic mass is 35.5. The lowest BCUT2D eigenvalue weighted by atomic mass is 10.0. The zero-order valence-corrected chi connectivity index (χ0v) is 37.3. The van der Waals surface area contributed by atoms with Crippen molar-refractivity contribution in [2.45, 2.75) is 89.9 Å². The number of amides is 2. The average Bonchev–Trinajstić information content (AvgIpc) is 3.18. The standard InChI is InChI=1S/C36H64N18O2.4ClH/c37-41-25-49-45-15-11-29-19-30(12-16-46-50-26-42-38)22-33(21-29)53-35(55)9-7-5-3-1-2-4-6-8-10-36(56)54-34-23-31(13-17-47-51-27-43-39)20-32(24-34)14-18-48-52-28-44-40;;;;/h19-28,45-48H,1-18,37-40H2,(H,41,49)(H,42,50)(H,43,51)(H,44,52)(H,53,55)(H,54,56);4*1H. The molecule has 0 aromatic heterocycles. The summed E-state index contributed by atoms with van der Waals surface area (Å²) in [6, 6.07) is 12.3. The van der Waals surface area contributed by atoms with Gasteiger partial charge in [-0.15, -0.1) is 49.6 Å². The van der Waals surface area contributed by atoms with E-state index >= 15 is 0 Å². The molecule has 0 fully saturated rings. The summed E-state index contributed by atoms with van der Waals surface area (Å²) in [5, 5.41) is 19.7. The van der Waals surface area contributed by atoms with Crippen molar-refractivity contribution in [3.63, 3.8) is 0 Å². The van der Waals surface area contributed by atoms with Crippen LogP contribution in [-0.2, 0) is 35.3 Å². The summed E-state index contributed by atoms with van der Waals surface area (Å²) in [5.74, 6) is 20.5. The number of hydrazone groups is 4. The molecule has 2 aromatic rings. The van der Waals surface area contributed by atoms with Gasteiger partial charge >= 0.3 is 0 Å². The van der Waals surface area contributed by atoms with Crippen LogP contribution in [0.3, 0.4) is 0 Å². The van der Waals surface area contributed by atoms with Crippen molar-refractivity contribution in [2.75, 3.05) is 36.8 Å². The van der Waals surface area contributed by atoms with Crippen LogP contribution < -0.4 is 77.4 Å². The number of carbonyl (C=O) groups is 2. The number of anilines is 2. The molecule has 0 atom stereocenters. The Morgan fingerprint density at radius 2 is 0.667 bits per heavy atom. The van der Waals surface area contributed by atoms with Crippen LogP contribution in [0.5, 0.6) is 0 Å². The van der Waals surface area contributed by atoms with Gasteiger partial charge in [0.2, 0.25) is 11.8 Å². The number of carbonyl (C=O) groups excluding carboxylic acids is 2. The first kappa shape index (κ1) is 59.8. The molecular formula is C36H68Cl4N18O2. The van der Waals surface area contributed by atoms with E-state index in [2.05, 4.69) is 86.6 Å². The Labute approximate surface area is 378 Å². The van der Waals surface area contributed by atoms with Gasteiger partial charge in [-0.25, -0.2) is 21.7 Å². The van der Waals surface area contributed by atoms with Crippen LogP contribution in [0.2, 0.25) is 0 Å². The van der Waals surface area contributed by atoms with Crippen molar-refractivity contribution in [1.82, 2.24) is 43.4 Å². The molecule has 24 heteroatoms. The molecule has 20 nitrogen and oxygen atoms in total. The van der Waals surface area contributed by atoms with Crippen molar-refractivity contribution in [2.24, 2.45) is 43.8 Å². The van der Waals surface area contributed by atoms with Gasteiger partial charge in [0.15, 0.2) is 0 Å². The summed E-state index contributed by atoms with van der Waals surface area (Å²) in [4.78, 5) is 25.6. The van der Waals surface area contributed by atoms with Crippen molar-refractivity contribution < 1.29 is 9.59 Å². The Morgan fingerprint density at radius 1 is 0.417 bits per heavy atom. The van der Waals surface area contributed by atoms with E-state index in [1.54, 1.807) is 0 Å². The van der Waals surface area contributed by atoms with Gasteiger partial charge in [0, 0.05) is 50.4 Å². The summed E-state index contributed by atoms with van der Waals surface area (Å²) in [7, 11) is 0. The van der Waals surface area contributed by atoms with E-state index in [0.717, 1.165) is 111 Å². The molecule has 0 unspecified atom stereocenters. The monoisotopic (exact) mass is 924 g/mol. The van der Waals surface area contributed by atoms with E-state index < -0.39 is 0 Å². The second kappa shape index (κ2) is 41.2. The van der Waals surface area contributed by atoms with Gasteiger partial charge in [0.25, 0.3) is 0 Å². The van der Waals surface area contributed by atoms with Gasteiger partial charge in [-0.3, -0.25) is 9.59 Å². The molecule has 0 saturated heterocycles. The summed E-state index contributed by atoms with van der Waals surface area (Å²) in [6.07, 6.45) is 17.5. The van der Waals surface area contributed by atoms with E-state index in [-0.39, 0.29) is 61.4 Å². The zero-order valence-electron chi connectivity index (χ0n) is 34.0. The van der Waals surface area contributed by atoms with E-state index in [4.69, 9.17) is 23.4 Å². The van der Waals surface area contributed by atoms with E-state index in [0.29, 0.717) is 39.0 Å². The Hall–Kier alpha value is -4.54. The Morgan fingerprint density at radius 3 is 0.917 bits per heavy atom. The first-order chi connectivity index (χ1) is 27.5. The molecule has 0 aliphatic rings. The Kier molecular flexibility index (Phi) is 41.0. The maximum absolute atomic E-state index is 12.8. The van der Waals surface area contributed by atoms with Crippen LogP contribution >= 0.6 is 49.6 Å². The van der Waals surface area contributed by atoms with E-state index in [1.807, 2.05) is 24.3 Å². The van der Waals surface area contributed by atoms with Gasteiger partial charge in [0.05, 0.1) is 0 Å². The van der Waals surface area contributed by atoms with Gasteiger partial charge in [-0.1, -0.05) is 50.7 Å². The summed E-state index contributed by atoms with van der Waals surface area (Å²) >= 11 is 0. The normalized spacial score (nSPS) is 10.7. The number of rotatable bonds is 33. The molecule has 0 radical (unpaired) electrons. The fourth-order valence-corrected chi connectivity index (χ4v) is 5.77. The maximum atomic E-state index is 12.8. The van der Waals surface area contributed by atoms with Gasteiger partial charge < -0.3 is 55.7 Å². The smallest absolute Gasteiger partial charge is 0.224 e. The highest BCUT2D eigenvalue weighted by molar-refractivity contribution is 5.91. The molecule has 0 spiro atoms. The Balaban J connectivity index is -0.00000812.